The van der Waals surface area contributed by atoms with Crippen LogP contribution in [-0.2, 0) is 4.74 Å². The summed E-state index contributed by atoms with van der Waals surface area (Å²) in [4.78, 5) is 11.9. The van der Waals surface area contributed by atoms with Crippen LogP contribution in [0.3, 0.4) is 0 Å². The number of hydrogen-bond acceptors (Lipinski definition) is 4. The second-order valence-electron chi connectivity index (χ2n) is 5.67. The number of benzene rings is 1. The Morgan fingerprint density at radius 2 is 1.64 bits per heavy atom. The van der Waals surface area contributed by atoms with Gasteiger partial charge in [-0.25, -0.2) is 4.79 Å². The first-order valence-electron chi connectivity index (χ1n) is 8.28. The fourth-order valence-corrected chi connectivity index (χ4v) is 2.33. The number of phenols is 1. The molecule has 1 unspecified atom stereocenters. The molecule has 1 aromatic rings. The van der Waals surface area contributed by atoms with Gasteiger partial charge >= 0.3 is 5.97 Å². The first kappa shape index (κ1) is 18.5. The largest absolute Gasteiger partial charge is 0.508 e. The molecular formula is C18H28O4. The van der Waals surface area contributed by atoms with Gasteiger partial charge in [0.2, 0.25) is 0 Å². The molecule has 1 aromatic carbocycles. The number of unbranched alkanes of at least 4 members (excludes halogenated alkanes) is 6. The summed E-state index contributed by atoms with van der Waals surface area (Å²) in [6, 6.07) is 5.92. The van der Waals surface area contributed by atoms with E-state index < -0.39 is 12.1 Å². The first-order chi connectivity index (χ1) is 10.7. The number of rotatable bonds is 11. The third kappa shape index (κ3) is 7.46. The Morgan fingerprint density at radius 3 is 2.23 bits per heavy atom. The maximum atomic E-state index is 11.9. The van der Waals surface area contributed by atoms with Gasteiger partial charge in [-0.05, 0) is 37.1 Å². The molecule has 4 heteroatoms. The van der Waals surface area contributed by atoms with Crippen molar-refractivity contribution in [2.45, 2.75) is 64.4 Å². The third-order valence-corrected chi connectivity index (χ3v) is 3.71. The Bertz CT molecular complexity index is 414. The van der Waals surface area contributed by atoms with Crippen molar-refractivity contribution in [1.82, 2.24) is 0 Å². The van der Waals surface area contributed by atoms with Crippen LogP contribution in [0.15, 0.2) is 24.3 Å². The normalized spacial score (nSPS) is 12.1. The minimum Gasteiger partial charge on any atom is -0.508 e. The molecule has 22 heavy (non-hydrogen) atoms. The van der Waals surface area contributed by atoms with Gasteiger partial charge in [0.15, 0.2) is 0 Å². The average Bonchev–Trinajstić information content (AvgIpc) is 2.53. The van der Waals surface area contributed by atoms with Crippen molar-refractivity contribution in [2.75, 3.05) is 6.61 Å². The highest BCUT2D eigenvalue weighted by Gasteiger charge is 2.15. The van der Waals surface area contributed by atoms with Crippen LogP contribution >= 0.6 is 0 Å². The molecule has 0 spiro atoms. The van der Waals surface area contributed by atoms with E-state index in [9.17, 15) is 15.0 Å². The Kier molecular flexibility index (Phi) is 9.31. The van der Waals surface area contributed by atoms with E-state index >= 15 is 0 Å². The van der Waals surface area contributed by atoms with E-state index in [2.05, 4.69) is 6.92 Å². The summed E-state index contributed by atoms with van der Waals surface area (Å²) in [5.74, 6) is -0.347. The number of phenolic OH excluding ortho intramolecular Hbond substituents is 1. The van der Waals surface area contributed by atoms with Gasteiger partial charge in [-0.15, -0.1) is 0 Å². The predicted octanol–water partition coefficient (Wildman–Crippen LogP) is 4.05. The lowest BCUT2D eigenvalue weighted by Gasteiger charge is -2.15. The Hall–Kier alpha value is -1.55. The molecule has 0 aromatic heterocycles. The highest BCUT2D eigenvalue weighted by atomic mass is 16.6. The van der Waals surface area contributed by atoms with Crippen LogP contribution in [0.2, 0.25) is 0 Å². The lowest BCUT2D eigenvalue weighted by molar-refractivity contribution is 0.0107. The quantitative estimate of drug-likeness (QED) is 0.478. The van der Waals surface area contributed by atoms with Crippen LogP contribution in [0.1, 0.15) is 68.6 Å². The fourth-order valence-electron chi connectivity index (χ4n) is 2.33. The number of hydrogen-bond donors (Lipinski definition) is 2. The maximum absolute atomic E-state index is 11.9. The molecule has 0 amide bonds. The van der Waals surface area contributed by atoms with E-state index in [4.69, 9.17) is 4.74 Å². The summed E-state index contributed by atoms with van der Waals surface area (Å²) in [5, 5.41) is 18.5. The molecule has 1 rings (SSSR count). The molecule has 4 nitrogen and oxygen atoms in total. The minimum atomic E-state index is -0.456. The Labute approximate surface area is 133 Å². The fraction of sp³-hybridized carbons (Fsp3) is 0.611. The summed E-state index contributed by atoms with van der Waals surface area (Å²) < 4.78 is 5.30. The highest BCUT2D eigenvalue weighted by molar-refractivity contribution is 5.89. The van der Waals surface area contributed by atoms with Crippen LogP contribution in [-0.4, -0.2) is 28.9 Å². The van der Waals surface area contributed by atoms with Crippen LogP contribution < -0.4 is 0 Å². The molecule has 0 heterocycles. The second kappa shape index (κ2) is 11.1. The number of carbonyl (C=O) groups excluding carboxylic acids is 1. The zero-order valence-corrected chi connectivity index (χ0v) is 13.5. The van der Waals surface area contributed by atoms with Gasteiger partial charge in [-0.2, -0.15) is 0 Å². The van der Waals surface area contributed by atoms with Crippen molar-refractivity contribution >= 4 is 5.97 Å². The van der Waals surface area contributed by atoms with E-state index in [0.29, 0.717) is 12.0 Å². The van der Waals surface area contributed by atoms with E-state index in [1.54, 1.807) is 0 Å². The number of aromatic hydroxyl groups is 1. The van der Waals surface area contributed by atoms with E-state index in [0.717, 1.165) is 12.8 Å². The molecule has 0 bridgehead atoms. The monoisotopic (exact) mass is 308 g/mol. The molecular weight excluding hydrogens is 280 g/mol. The third-order valence-electron chi connectivity index (χ3n) is 3.71. The van der Waals surface area contributed by atoms with Gasteiger partial charge in [0.05, 0.1) is 12.2 Å². The number of aliphatic hydroxyl groups is 1. The Morgan fingerprint density at radius 1 is 1.05 bits per heavy atom. The van der Waals surface area contributed by atoms with Crippen molar-refractivity contribution in [3.05, 3.63) is 29.8 Å². The molecule has 0 saturated heterocycles. The van der Waals surface area contributed by atoms with E-state index in [1.165, 1.54) is 56.4 Å². The zero-order chi connectivity index (χ0) is 16.2. The summed E-state index contributed by atoms with van der Waals surface area (Å²) in [6.45, 7) is 2.05. The molecule has 0 aliphatic carbocycles. The molecule has 0 fully saturated rings. The van der Waals surface area contributed by atoms with E-state index in [1.807, 2.05) is 0 Å². The van der Waals surface area contributed by atoms with Crippen molar-refractivity contribution in [3.8, 4) is 5.75 Å². The highest BCUT2D eigenvalue weighted by Crippen LogP contribution is 2.14. The molecule has 0 radical (unpaired) electrons. The number of esters is 1. The van der Waals surface area contributed by atoms with Crippen LogP contribution in [0.5, 0.6) is 5.75 Å². The van der Waals surface area contributed by atoms with Gasteiger partial charge in [-0.3, -0.25) is 0 Å². The van der Waals surface area contributed by atoms with Gasteiger partial charge in [0.25, 0.3) is 0 Å². The van der Waals surface area contributed by atoms with Gasteiger partial charge in [-0.1, -0.05) is 45.4 Å². The zero-order valence-electron chi connectivity index (χ0n) is 13.5. The van der Waals surface area contributed by atoms with Crippen LogP contribution in [0.25, 0.3) is 0 Å². The number of aliphatic hydroxyl groups excluding tert-OH is 1. The molecule has 0 saturated carbocycles. The molecule has 0 aliphatic rings. The lowest BCUT2D eigenvalue weighted by Crippen LogP contribution is -2.22. The van der Waals surface area contributed by atoms with Gasteiger partial charge < -0.3 is 14.9 Å². The molecule has 0 aliphatic heterocycles. The SMILES string of the molecule is CCCCCCCCCC(CO)OC(=O)c1ccc(O)cc1. The molecule has 124 valence electrons. The first-order valence-corrected chi connectivity index (χ1v) is 8.28. The average molecular weight is 308 g/mol. The van der Waals surface area contributed by atoms with E-state index in [-0.39, 0.29) is 12.4 Å². The van der Waals surface area contributed by atoms with Gasteiger partial charge in [0, 0.05) is 0 Å². The maximum Gasteiger partial charge on any atom is 0.338 e. The number of ether oxygens (including phenoxy) is 1. The standard InChI is InChI=1S/C18H28O4/c1-2-3-4-5-6-7-8-9-17(14-19)22-18(21)15-10-12-16(20)13-11-15/h10-13,17,19-20H,2-9,14H2,1H3. The van der Waals surface area contributed by atoms with Crippen molar-refractivity contribution in [3.63, 3.8) is 0 Å². The topological polar surface area (TPSA) is 66.8 Å². The Balaban J connectivity index is 2.23. The summed E-state index contributed by atoms with van der Waals surface area (Å²) >= 11 is 0. The summed E-state index contributed by atoms with van der Waals surface area (Å²) in [5.41, 5.74) is 0.385. The second-order valence-corrected chi connectivity index (χ2v) is 5.67. The van der Waals surface area contributed by atoms with Crippen molar-refractivity contribution in [2.24, 2.45) is 0 Å². The van der Waals surface area contributed by atoms with Crippen molar-refractivity contribution in [1.29, 1.82) is 0 Å². The molecule has 1 atom stereocenters. The smallest absolute Gasteiger partial charge is 0.338 e. The van der Waals surface area contributed by atoms with Crippen LogP contribution in [0, 0.1) is 0 Å². The summed E-state index contributed by atoms with van der Waals surface area (Å²) in [7, 11) is 0. The van der Waals surface area contributed by atoms with Crippen LogP contribution in [0.4, 0.5) is 0 Å². The van der Waals surface area contributed by atoms with Crippen molar-refractivity contribution < 1.29 is 19.7 Å². The predicted molar refractivity (Wildman–Crippen MR) is 87.0 cm³/mol. The lowest BCUT2D eigenvalue weighted by atomic mass is 10.1. The minimum absolute atomic E-state index is 0.110. The number of carbonyl (C=O) groups is 1. The molecule has 2 N–H and O–H groups in total. The van der Waals surface area contributed by atoms with Gasteiger partial charge in [0.1, 0.15) is 11.9 Å². The summed E-state index contributed by atoms with van der Waals surface area (Å²) in [6.07, 6.45) is 8.59.